The van der Waals surface area contributed by atoms with Crippen LogP contribution in [-0.4, -0.2) is 42.0 Å². The van der Waals surface area contributed by atoms with Gasteiger partial charge in [-0.2, -0.15) is 0 Å². The van der Waals surface area contributed by atoms with E-state index < -0.39 is 0 Å². The molecule has 1 aromatic heterocycles. The number of rotatable bonds is 8. The maximum atomic E-state index is 13.0. The summed E-state index contributed by atoms with van der Waals surface area (Å²) in [6.07, 6.45) is 0.945. The average Bonchev–Trinajstić information content (AvgIpc) is 2.74. The molecule has 0 aliphatic carbocycles. The third kappa shape index (κ3) is 5.01. The molecule has 0 saturated heterocycles. The lowest BCUT2D eigenvalue weighted by atomic mass is 10.0. The zero-order valence-electron chi connectivity index (χ0n) is 18.0. The van der Waals surface area contributed by atoms with Gasteiger partial charge in [0.1, 0.15) is 0 Å². The second kappa shape index (κ2) is 9.66. The van der Waals surface area contributed by atoms with Crippen LogP contribution in [-0.2, 0) is 0 Å². The van der Waals surface area contributed by atoms with Crippen LogP contribution in [0.15, 0.2) is 48.5 Å². The Kier molecular flexibility index (Phi) is 6.99. The van der Waals surface area contributed by atoms with Crippen molar-refractivity contribution in [1.29, 1.82) is 0 Å². The number of carbonyl (C=O) groups excluding carboxylic acids is 1. The standard InChI is InChI=1S/C25H31N3O/c1-5-28(6-2)15-9-14-26-25(29)22-17-24(20-13-12-18(3)19(4)16-20)27-23-11-8-7-10-21(22)23/h7-8,10-13,16-17H,5-6,9,14-15H2,1-4H3,(H,26,29). The maximum Gasteiger partial charge on any atom is 0.252 e. The second-order valence-corrected chi connectivity index (χ2v) is 7.51. The van der Waals surface area contributed by atoms with Gasteiger partial charge >= 0.3 is 0 Å². The molecule has 1 amide bonds. The summed E-state index contributed by atoms with van der Waals surface area (Å²) in [4.78, 5) is 20.2. The van der Waals surface area contributed by atoms with E-state index in [2.05, 4.69) is 56.1 Å². The average molecular weight is 390 g/mol. The predicted octanol–water partition coefficient (Wildman–Crippen LogP) is 4.98. The van der Waals surface area contributed by atoms with Crippen molar-refractivity contribution in [2.24, 2.45) is 0 Å². The summed E-state index contributed by atoms with van der Waals surface area (Å²) in [6, 6.07) is 16.1. The lowest BCUT2D eigenvalue weighted by molar-refractivity contribution is 0.0953. The fourth-order valence-electron chi connectivity index (χ4n) is 3.55. The van der Waals surface area contributed by atoms with Crippen molar-refractivity contribution in [3.63, 3.8) is 0 Å². The minimum atomic E-state index is -0.0340. The molecule has 2 aromatic carbocycles. The molecule has 3 aromatic rings. The fraction of sp³-hybridized carbons (Fsp3) is 0.360. The first-order chi connectivity index (χ1) is 14.0. The van der Waals surface area contributed by atoms with E-state index in [0.29, 0.717) is 12.1 Å². The van der Waals surface area contributed by atoms with E-state index in [0.717, 1.165) is 48.2 Å². The zero-order chi connectivity index (χ0) is 20.8. The highest BCUT2D eigenvalue weighted by atomic mass is 16.1. The molecule has 0 saturated carbocycles. The SMILES string of the molecule is CCN(CC)CCCNC(=O)c1cc(-c2ccc(C)c(C)c2)nc2ccccc12. The van der Waals surface area contributed by atoms with Crippen molar-refractivity contribution >= 4 is 16.8 Å². The molecule has 4 heteroatoms. The van der Waals surface area contributed by atoms with Crippen LogP contribution in [0.2, 0.25) is 0 Å². The quantitative estimate of drug-likeness (QED) is 0.553. The van der Waals surface area contributed by atoms with Gasteiger partial charge in [-0.25, -0.2) is 4.98 Å². The van der Waals surface area contributed by atoms with Crippen LogP contribution in [0, 0.1) is 13.8 Å². The Morgan fingerprint density at radius 3 is 2.48 bits per heavy atom. The van der Waals surface area contributed by atoms with Crippen LogP contribution in [0.1, 0.15) is 41.8 Å². The van der Waals surface area contributed by atoms with Crippen molar-refractivity contribution < 1.29 is 4.79 Å². The van der Waals surface area contributed by atoms with Gasteiger partial charge in [-0.05, 0) is 69.2 Å². The largest absolute Gasteiger partial charge is 0.352 e. The maximum absolute atomic E-state index is 13.0. The summed E-state index contributed by atoms with van der Waals surface area (Å²) >= 11 is 0. The predicted molar refractivity (Wildman–Crippen MR) is 121 cm³/mol. The van der Waals surface area contributed by atoms with Gasteiger partial charge in [-0.1, -0.05) is 44.2 Å². The van der Waals surface area contributed by atoms with Crippen LogP contribution in [0.3, 0.4) is 0 Å². The number of amides is 1. The molecule has 0 atom stereocenters. The number of pyridine rings is 1. The molecule has 0 aliphatic heterocycles. The van der Waals surface area contributed by atoms with Gasteiger partial charge in [0.05, 0.1) is 16.8 Å². The number of benzene rings is 2. The summed E-state index contributed by atoms with van der Waals surface area (Å²) in [5.74, 6) is -0.0340. The Morgan fingerprint density at radius 1 is 1.00 bits per heavy atom. The van der Waals surface area contributed by atoms with E-state index in [1.54, 1.807) is 0 Å². The summed E-state index contributed by atoms with van der Waals surface area (Å²) in [5, 5.41) is 3.99. The van der Waals surface area contributed by atoms with Crippen molar-refractivity contribution in [3.05, 3.63) is 65.2 Å². The van der Waals surface area contributed by atoms with E-state index >= 15 is 0 Å². The van der Waals surface area contributed by atoms with Gasteiger partial charge in [0, 0.05) is 17.5 Å². The molecule has 0 fully saturated rings. The monoisotopic (exact) mass is 389 g/mol. The fourth-order valence-corrected chi connectivity index (χ4v) is 3.55. The summed E-state index contributed by atoms with van der Waals surface area (Å²) in [5.41, 5.74) is 5.87. The van der Waals surface area contributed by atoms with Crippen LogP contribution >= 0.6 is 0 Å². The van der Waals surface area contributed by atoms with Crippen LogP contribution < -0.4 is 5.32 Å². The van der Waals surface area contributed by atoms with Crippen LogP contribution in [0.25, 0.3) is 22.2 Å². The number of hydrogen-bond acceptors (Lipinski definition) is 3. The molecule has 152 valence electrons. The second-order valence-electron chi connectivity index (χ2n) is 7.51. The lowest BCUT2D eigenvalue weighted by Gasteiger charge is -2.17. The van der Waals surface area contributed by atoms with Gasteiger partial charge in [0.15, 0.2) is 0 Å². The number of para-hydroxylation sites is 1. The number of carbonyl (C=O) groups is 1. The molecule has 29 heavy (non-hydrogen) atoms. The smallest absolute Gasteiger partial charge is 0.252 e. The molecule has 0 unspecified atom stereocenters. The first-order valence-electron chi connectivity index (χ1n) is 10.5. The van der Waals surface area contributed by atoms with Crippen molar-refractivity contribution in [2.45, 2.75) is 34.1 Å². The van der Waals surface area contributed by atoms with Gasteiger partial charge < -0.3 is 10.2 Å². The molecular formula is C25H31N3O. The topological polar surface area (TPSA) is 45.2 Å². The Morgan fingerprint density at radius 2 is 1.76 bits per heavy atom. The Bertz CT molecular complexity index is 993. The number of hydrogen-bond donors (Lipinski definition) is 1. The van der Waals surface area contributed by atoms with E-state index in [1.165, 1.54) is 11.1 Å². The summed E-state index contributed by atoms with van der Waals surface area (Å²) in [7, 11) is 0. The van der Waals surface area contributed by atoms with Gasteiger partial charge in [-0.3, -0.25) is 4.79 Å². The Labute approximate surface area is 174 Å². The molecule has 0 bridgehead atoms. The molecule has 1 heterocycles. The number of nitrogens with one attached hydrogen (secondary N) is 1. The molecule has 0 radical (unpaired) electrons. The number of fused-ring (bicyclic) bond motifs is 1. The van der Waals surface area contributed by atoms with E-state index in [9.17, 15) is 4.79 Å². The van der Waals surface area contributed by atoms with Gasteiger partial charge in [-0.15, -0.1) is 0 Å². The number of aryl methyl sites for hydroxylation is 2. The normalized spacial score (nSPS) is 11.2. The van der Waals surface area contributed by atoms with Crippen LogP contribution in [0.4, 0.5) is 0 Å². The van der Waals surface area contributed by atoms with Gasteiger partial charge in [0.25, 0.3) is 5.91 Å². The first-order valence-corrected chi connectivity index (χ1v) is 10.5. The van der Waals surface area contributed by atoms with E-state index in [-0.39, 0.29) is 5.91 Å². The molecule has 1 N–H and O–H groups in total. The molecular weight excluding hydrogens is 358 g/mol. The molecule has 0 aliphatic rings. The van der Waals surface area contributed by atoms with Crippen LogP contribution in [0.5, 0.6) is 0 Å². The highest BCUT2D eigenvalue weighted by molar-refractivity contribution is 6.07. The third-order valence-corrected chi connectivity index (χ3v) is 5.59. The summed E-state index contributed by atoms with van der Waals surface area (Å²) < 4.78 is 0. The summed E-state index contributed by atoms with van der Waals surface area (Å²) in [6.45, 7) is 12.3. The highest BCUT2D eigenvalue weighted by Crippen LogP contribution is 2.26. The lowest BCUT2D eigenvalue weighted by Crippen LogP contribution is -2.30. The minimum Gasteiger partial charge on any atom is -0.352 e. The third-order valence-electron chi connectivity index (χ3n) is 5.59. The molecule has 3 rings (SSSR count). The van der Waals surface area contributed by atoms with E-state index in [1.807, 2.05) is 30.3 Å². The van der Waals surface area contributed by atoms with Crippen molar-refractivity contribution in [2.75, 3.05) is 26.2 Å². The first kappa shape index (κ1) is 21.0. The number of aromatic nitrogens is 1. The molecule has 4 nitrogen and oxygen atoms in total. The van der Waals surface area contributed by atoms with E-state index in [4.69, 9.17) is 4.98 Å². The Balaban J connectivity index is 1.86. The minimum absolute atomic E-state index is 0.0340. The van der Waals surface area contributed by atoms with Gasteiger partial charge in [0.2, 0.25) is 0 Å². The zero-order valence-corrected chi connectivity index (χ0v) is 18.0. The van der Waals surface area contributed by atoms with Crippen molar-refractivity contribution in [1.82, 2.24) is 15.2 Å². The number of nitrogens with zero attached hydrogens (tertiary/aromatic N) is 2. The highest BCUT2D eigenvalue weighted by Gasteiger charge is 2.14. The van der Waals surface area contributed by atoms with Crippen molar-refractivity contribution in [3.8, 4) is 11.3 Å². The molecule has 0 spiro atoms. The Hall–Kier alpha value is -2.72.